The maximum absolute atomic E-state index is 13.5. The van der Waals surface area contributed by atoms with Crippen molar-refractivity contribution in [3.63, 3.8) is 0 Å². The maximum Gasteiger partial charge on any atom is 0.272 e. The topological polar surface area (TPSA) is 33.2 Å². The van der Waals surface area contributed by atoms with E-state index in [9.17, 15) is 9.18 Å². The lowest BCUT2D eigenvalue weighted by Crippen LogP contribution is -2.29. The summed E-state index contributed by atoms with van der Waals surface area (Å²) in [4.78, 5) is 17.9. The van der Waals surface area contributed by atoms with Crippen molar-refractivity contribution in [2.45, 2.75) is 19.3 Å². The maximum atomic E-state index is 13.5. The van der Waals surface area contributed by atoms with Gasteiger partial charge in [-0.3, -0.25) is 4.79 Å². The van der Waals surface area contributed by atoms with Crippen LogP contribution in [0, 0.1) is 12.9 Å². The first-order valence-electron chi connectivity index (χ1n) is 7.12. The molecule has 1 unspecified atom stereocenters. The van der Waals surface area contributed by atoms with E-state index in [1.807, 2.05) is 18.2 Å². The van der Waals surface area contributed by atoms with E-state index in [0.29, 0.717) is 24.6 Å². The Balaban J connectivity index is 1.74. The number of hydrogen-bond acceptors (Lipinski definition) is 2. The molecule has 2 heterocycles. The van der Waals surface area contributed by atoms with Crippen LogP contribution in [0.15, 0.2) is 42.5 Å². The van der Waals surface area contributed by atoms with Crippen molar-refractivity contribution in [1.82, 2.24) is 9.88 Å². The van der Waals surface area contributed by atoms with Crippen LogP contribution >= 0.6 is 0 Å². The number of likely N-dealkylation sites (tertiary alicyclic amines) is 1. The van der Waals surface area contributed by atoms with Crippen molar-refractivity contribution in [1.29, 1.82) is 0 Å². The van der Waals surface area contributed by atoms with Crippen LogP contribution < -0.4 is 0 Å². The van der Waals surface area contributed by atoms with Gasteiger partial charge in [0, 0.05) is 24.6 Å². The van der Waals surface area contributed by atoms with Crippen LogP contribution in [0.2, 0.25) is 0 Å². The number of pyridine rings is 1. The normalized spacial score (nSPS) is 18.0. The monoisotopic (exact) mass is 284 g/mol. The first kappa shape index (κ1) is 13.7. The second-order valence-corrected chi connectivity index (χ2v) is 5.45. The van der Waals surface area contributed by atoms with E-state index in [4.69, 9.17) is 0 Å². The minimum absolute atomic E-state index is 0.187. The zero-order valence-electron chi connectivity index (χ0n) is 11.9. The number of carbonyl (C=O) groups is 1. The van der Waals surface area contributed by atoms with Crippen LogP contribution in [-0.2, 0) is 0 Å². The number of amides is 1. The zero-order chi connectivity index (χ0) is 14.8. The molecular formula is C17H17FN2O. The van der Waals surface area contributed by atoms with Gasteiger partial charge < -0.3 is 4.90 Å². The summed E-state index contributed by atoms with van der Waals surface area (Å²) in [5.74, 6) is -0.405. The molecule has 1 amide bonds. The number of carbonyl (C=O) groups excluding carboxylic acids is 1. The molecule has 4 heteroatoms. The van der Waals surface area contributed by atoms with E-state index in [0.717, 1.165) is 6.42 Å². The third kappa shape index (κ3) is 2.79. The third-order valence-corrected chi connectivity index (χ3v) is 4.00. The molecule has 1 aliphatic rings. The van der Waals surface area contributed by atoms with E-state index >= 15 is 0 Å². The molecule has 1 aliphatic heterocycles. The summed E-state index contributed by atoms with van der Waals surface area (Å²) in [5.41, 5.74) is 1.89. The van der Waals surface area contributed by atoms with E-state index in [1.54, 1.807) is 24.0 Å². The number of aromatic nitrogens is 1. The highest BCUT2D eigenvalue weighted by Gasteiger charge is 2.28. The average Bonchev–Trinajstić information content (AvgIpc) is 3.00. The van der Waals surface area contributed by atoms with Crippen molar-refractivity contribution >= 4 is 5.91 Å². The molecule has 1 saturated heterocycles. The van der Waals surface area contributed by atoms with Gasteiger partial charge in [0.1, 0.15) is 5.69 Å². The van der Waals surface area contributed by atoms with E-state index in [2.05, 4.69) is 17.1 Å². The predicted octanol–water partition coefficient (Wildman–Crippen LogP) is 3.16. The molecule has 0 aliphatic carbocycles. The van der Waals surface area contributed by atoms with Crippen LogP contribution in [0.3, 0.4) is 0 Å². The Morgan fingerprint density at radius 1 is 1.24 bits per heavy atom. The highest BCUT2D eigenvalue weighted by atomic mass is 19.1. The Labute approximate surface area is 123 Å². The van der Waals surface area contributed by atoms with Crippen LogP contribution in [0.5, 0.6) is 0 Å². The predicted molar refractivity (Wildman–Crippen MR) is 78.6 cm³/mol. The summed E-state index contributed by atoms with van der Waals surface area (Å²) in [7, 11) is 0. The van der Waals surface area contributed by atoms with Crippen molar-refractivity contribution in [3.8, 4) is 0 Å². The van der Waals surface area contributed by atoms with Gasteiger partial charge >= 0.3 is 0 Å². The van der Waals surface area contributed by atoms with E-state index in [1.165, 1.54) is 5.56 Å². The SMILES string of the molecule is Cc1ccc(C(=O)N2CCC(c3ccccc3)C2)nc1F. The Hall–Kier alpha value is -2.23. The van der Waals surface area contributed by atoms with Gasteiger partial charge in [0.25, 0.3) is 5.91 Å². The molecule has 3 rings (SSSR count). The van der Waals surface area contributed by atoms with Crippen LogP contribution in [0.1, 0.15) is 34.0 Å². The Kier molecular flexibility index (Phi) is 3.69. The molecule has 0 N–H and O–H groups in total. The molecule has 3 nitrogen and oxygen atoms in total. The minimum atomic E-state index is -0.570. The lowest BCUT2D eigenvalue weighted by Gasteiger charge is -2.16. The summed E-state index contributed by atoms with van der Waals surface area (Å²) < 4.78 is 13.5. The molecule has 1 aromatic carbocycles. The van der Waals surface area contributed by atoms with Crippen molar-refractivity contribution < 1.29 is 9.18 Å². The fourth-order valence-electron chi connectivity index (χ4n) is 2.73. The third-order valence-electron chi connectivity index (χ3n) is 4.00. The number of benzene rings is 1. The number of nitrogens with zero attached hydrogens (tertiary/aromatic N) is 2. The molecule has 108 valence electrons. The first-order chi connectivity index (χ1) is 10.1. The summed E-state index contributed by atoms with van der Waals surface area (Å²) in [6, 6.07) is 13.4. The zero-order valence-corrected chi connectivity index (χ0v) is 11.9. The Bertz CT molecular complexity index is 657. The molecular weight excluding hydrogens is 267 g/mol. The highest BCUT2D eigenvalue weighted by Crippen LogP contribution is 2.27. The molecule has 0 spiro atoms. The fraction of sp³-hybridized carbons (Fsp3) is 0.294. The quantitative estimate of drug-likeness (QED) is 0.794. The van der Waals surface area contributed by atoms with Gasteiger partial charge in [0.2, 0.25) is 5.95 Å². The van der Waals surface area contributed by atoms with Crippen molar-refractivity contribution in [2.24, 2.45) is 0 Å². The Morgan fingerprint density at radius 2 is 2.00 bits per heavy atom. The van der Waals surface area contributed by atoms with Gasteiger partial charge in [-0.1, -0.05) is 36.4 Å². The molecule has 0 bridgehead atoms. The lowest BCUT2D eigenvalue weighted by molar-refractivity contribution is 0.0783. The van der Waals surface area contributed by atoms with Crippen LogP contribution in [0.4, 0.5) is 4.39 Å². The summed E-state index contributed by atoms with van der Waals surface area (Å²) in [5, 5.41) is 0. The van der Waals surface area contributed by atoms with Gasteiger partial charge in [0.05, 0.1) is 0 Å². The summed E-state index contributed by atoms with van der Waals surface area (Å²) in [6.07, 6.45) is 0.935. The van der Waals surface area contributed by atoms with Gasteiger partial charge in [0.15, 0.2) is 0 Å². The molecule has 21 heavy (non-hydrogen) atoms. The van der Waals surface area contributed by atoms with Gasteiger partial charge in [-0.15, -0.1) is 0 Å². The van der Waals surface area contributed by atoms with Crippen molar-refractivity contribution in [2.75, 3.05) is 13.1 Å². The highest BCUT2D eigenvalue weighted by molar-refractivity contribution is 5.92. The van der Waals surface area contributed by atoms with E-state index < -0.39 is 5.95 Å². The summed E-state index contributed by atoms with van der Waals surface area (Å²) in [6.45, 7) is 2.99. The van der Waals surface area contributed by atoms with Crippen molar-refractivity contribution in [3.05, 3.63) is 65.2 Å². The molecule has 0 saturated carbocycles. The smallest absolute Gasteiger partial charge is 0.272 e. The summed E-state index contributed by atoms with van der Waals surface area (Å²) >= 11 is 0. The average molecular weight is 284 g/mol. The lowest BCUT2D eigenvalue weighted by atomic mass is 9.99. The number of hydrogen-bond donors (Lipinski definition) is 0. The van der Waals surface area contributed by atoms with Gasteiger partial charge in [-0.25, -0.2) is 4.98 Å². The second-order valence-electron chi connectivity index (χ2n) is 5.45. The molecule has 1 fully saturated rings. The molecule has 1 atom stereocenters. The number of halogens is 1. The minimum Gasteiger partial charge on any atom is -0.337 e. The van der Waals surface area contributed by atoms with Gasteiger partial charge in [-0.05, 0) is 25.0 Å². The largest absolute Gasteiger partial charge is 0.337 e. The standard InChI is InChI=1S/C17H17FN2O/c1-12-7-8-15(19-16(12)18)17(21)20-10-9-14(11-20)13-5-3-2-4-6-13/h2-8,14H,9-11H2,1H3. The molecule has 0 radical (unpaired) electrons. The van der Waals surface area contributed by atoms with Crippen LogP contribution in [-0.4, -0.2) is 28.9 Å². The van der Waals surface area contributed by atoms with E-state index in [-0.39, 0.29) is 11.6 Å². The molecule has 1 aromatic heterocycles. The Morgan fingerprint density at radius 3 is 2.71 bits per heavy atom. The molecule has 2 aromatic rings. The number of rotatable bonds is 2. The fourth-order valence-corrected chi connectivity index (χ4v) is 2.73. The number of aryl methyl sites for hydroxylation is 1. The van der Waals surface area contributed by atoms with Crippen LogP contribution in [0.25, 0.3) is 0 Å². The first-order valence-corrected chi connectivity index (χ1v) is 7.12. The second kappa shape index (κ2) is 5.64. The van der Waals surface area contributed by atoms with Gasteiger partial charge in [-0.2, -0.15) is 4.39 Å².